The van der Waals surface area contributed by atoms with Gasteiger partial charge in [-0.25, -0.2) is 0 Å². The first-order chi connectivity index (χ1) is 8.75. The quantitative estimate of drug-likeness (QED) is 0.673. The van der Waals surface area contributed by atoms with Crippen molar-refractivity contribution in [3.8, 4) is 0 Å². The van der Waals surface area contributed by atoms with Crippen LogP contribution in [0.2, 0.25) is 0 Å². The van der Waals surface area contributed by atoms with Crippen LogP contribution in [-0.4, -0.2) is 22.9 Å². The maximum absolute atomic E-state index is 11.7. The Kier molecular flexibility index (Phi) is 4.26. The van der Waals surface area contributed by atoms with Crippen molar-refractivity contribution >= 4 is 17.8 Å². The summed E-state index contributed by atoms with van der Waals surface area (Å²) in [6.45, 7) is 2.78. The van der Waals surface area contributed by atoms with Crippen molar-refractivity contribution in [1.29, 1.82) is 0 Å². The summed E-state index contributed by atoms with van der Waals surface area (Å²) in [6.07, 6.45) is 0. The van der Waals surface area contributed by atoms with E-state index in [-0.39, 0.29) is 6.54 Å². The molecule has 0 radical (unpaired) electrons. The number of nitrogens with one attached hydrogen (secondary N) is 1. The van der Waals surface area contributed by atoms with Crippen molar-refractivity contribution < 1.29 is 19.5 Å². The second-order valence-electron chi connectivity index (χ2n) is 4.68. The minimum atomic E-state index is -1.50. The van der Waals surface area contributed by atoms with Crippen LogP contribution in [0.25, 0.3) is 0 Å². The standard InChI is InChI=1S/C13H16N2O4/c1-13(2,12(18)19)11(17)15-7-8-4-3-5-9(6-8)10(14)16/h3-6H,7H2,1-2H3,(H2,14,16)(H,15,17)(H,18,19). The van der Waals surface area contributed by atoms with Crippen LogP contribution in [0.15, 0.2) is 24.3 Å². The molecule has 102 valence electrons. The summed E-state index contributed by atoms with van der Waals surface area (Å²) in [5.41, 5.74) is 4.65. The van der Waals surface area contributed by atoms with Gasteiger partial charge in [-0.1, -0.05) is 12.1 Å². The van der Waals surface area contributed by atoms with E-state index in [0.29, 0.717) is 11.1 Å². The van der Waals surface area contributed by atoms with Crippen LogP contribution in [0.1, 0.15) is 29.8 Å². The van der Waals surface area contributed by atoms with E-state index in [1.54, 1.807) is 24.3 Å². The van der Waals surface area contributed by atoms with Crippen molar-refractivity contribution in [3.63, 3.8) is 0 Å². The van der Waals surface area contributed by atoms with E-state index in [1.165, 1.54) is 13.8 Å². The molecule has 2 amide bonds. The lowest BCUT2D eigenvalue weighted by Crippen LogP contribution is -2.42. The van der Waals surface area contributed by atoms with Crippen LogP contribution in [0.4, 0.5) is 0 Å². The highest BCUT2D eigenvalue weighted by Gasteiger charge is 2.35. The van der Waals surface area contributed by atoms with E-state index in [2.05, 4.69) is 5.32 Å². The third-order valence-electron chi connectivity index (χ3n) is 2.77. The lowest BCUT2D eigenvalue weighted by molar-refractivity contribution is -0.153. The molecule has 6 heteroatoms. The molecular weight excluding hydrogens is 248 g/mol. The molecule has 0 heterocycles. The molecule has 1 rings (SSSR count). The maximum Gasteiger partial charge on any atom is 0.318 e. The van der Waals surface area contributed by atoms with Gasteiger partial charge in [-0.2, -0.15) is 0 Å². The summed E-state index contributed by atoms with van der Waals surface area (Å²) >= 11 is 0. The van der Waals surface area contributed by atoms with Crippen LogP contribution in [0.3, 0.4) is 0 Å². The predicted octanol–water partition coefficient (Wildman–Crippen LogP) is 0.512. The van der Waals surface area contributed by atoms with E-state index in [9.17, 15) is 14.4 Å². The first kappa shape index (κ1) is 14.7. The Labute approximate surface area is 110 Å². The molecule has 1 aromatic carbocycles. The molecule has 0 bridgehead atoms. The van der Waals surface area contributed by atoms with Gasteiger partial charge in [0.05, 0.1) is 0 Å². The third kappa shape index (κ3) is 3.54. The summed E-state index contributed by atoms with van der Waals surface area (Å²) in [5.74, 6) is -2.35. The zero-order valence-electron chi connectivity index (χ0n) is 10.8. The highest BCUT2D eigenvalue weighted by molar-refractivity contribution is 6.00. The number of carbonyl (C=O) groups is 3. The SMILES string of the molecule is CC(C)(C(=O)O)C(=O)NCc1cccc(C(N)=O)c1. The van der Waals surface area contributed by atoms with Crippen molar-refractivity contribution in [1.82, 2.24) is 5.32 Å². The Morgan fingerprint density at radius 2 is 1.95 bits per heavy atom. The Morgan fingerprint density at radius 3 is 2.47 bits per heavy atom. The number of carbonyl (C=O) groups excluding carboxylic acids is 2. The first-order valence-electron chi connectivity index (χ1n) is 5.65. The molecule has 0 aromatic heterocycles. The molecule has 1 aromatic rings. The largest absolute Gasteiger partial charge is 0.480 e. The fourth-order valence-corrected chi connectivity index (χ4v) is 1.33. The second-order valence-corrected chi connectivity index (χ2v) is 4.68. The van der Waals surface area contributed by atoms with Gasteiger partial charge in [-0.05, 0) is 31.5 Å². The van der Waals surface area contributed by atoms with Gasteiger partial charge in [0.1, 0.15) is 5.41 Å². The summed E-state index contributed by atoms with van der Waals surface area (Å²) in [5, 5.41) is 11.4. The number of carboxylic acids is 1. The number of hydrogen-bond acceptors (Lipinski definition) is 3. The van der Waals surface area contributed by atoms with Gasteiger partial charge in [0.2, 0.25) is 11.8 Å². The Balaban J connectivity index is 2.72. The average molecular weight is 264 g/mol. The van der Waals surface area contributed by atoms with Crippen LogP contribution in [-0.2, 0) is 16.1 Å². The van der Waals surface area contributed by atoms with Crippen LogP contribution < -0.4 is 11.1 Å². The predicted molar refractivity (Wildman–Crippen MR) is 68.2 cm³/mol. The fourth-order valence-electron chi connectivity index (χ4n) is 1.33. The number of carboxylic acid groups (broad SMARTS) is 1. The van der Waals surface area contributed by atoms with Gasteiger partial charge in [0.15, 0.2) is 0 Å². The number of hydrogen-bond donors (Lipinski definition) is 3. The van der Waals surface area contributed by atoms with E-state index in [0.717, 1.165) is 0 Å². The Bertz CT molecular complexity index is 523. The Morgan fingerprint density at radius 1 is 1.32 bits per heavy atom. The number of aliphatic carboxylic acids is 1. The molecule has 0 fully saturated rings. The molecule has 4 N–H and O–H groups in total. The lowest BCUT2D eigenvalue weighted by atomic mass is 9.92. The highest BCUT2D eigenvalue weighted by Crippen LogP contribution is 2.15. The van der Waals surface area contributed by atoms with E-state index >= 15 is 0 Å². The summed E-state index contributed by atoms with van der Waals surface area (Å²) in [6, 6.07) is 6.47. The lowest BCUT2D eigenvalue weighted by Gasteiger charge is -2.18. The van der Waals surface area contributed by atoms with E-state index < -0.39 is 23.2 Å². The highest BCUT2D eigenvalue weighted by atomic mass is 16.4. The second kappa shape index (κ2) is 5.51. The molecule has 0 unspecified atom stereocenters. The van der Waals surface area contributed by atoms with Gasteiger partial charge in [-0.3, -0.25) is 14.4 Å². The van der Waals surface area contributed by atoms with Crippen LogP contribution >= 0.6 is 0 Å². The number of nitrogens with two attached hydrogens (primary N) is 1. The molecule has 6 nitrogen and oxygen atoms in total. The van der Waals surface area contributed by atoms with E-state index in [4.69, 9.17) is 10.8 Å². The van der Waals surface area contributed by atoms with Crippen molar-refractivity contribution in [2.24, 2.45) is 11.1 Å². The molecule has 0 atom stereocenters. The monoisotopic (exact) mass is 264 g/mol. The molecule has 0 spiro atoms. The molecule has 0 aliphatic heterocycles. The van der Waals surface area contributed by atoms with Crippen LogP contribution in [0, 0.1) is 5.41 Å². The Hall–Kier alpha value is -2.37. The molecule has 0 aliphatic carbocycles. The fraction of sp³-hybridized carbons (Fsp3) is 0.308. The first-order valence-corrected chi connectivity index (χ1v) is 5.65. The van der Waals surface area contributed by atoms with Crippen molar-refractivity contribution in [2.45, 2.75) is 20.4 Å². The number of amides is 2. The van der Waals surface area contributed by atoms with Crippen LogP contribution in [0.5, 0.6) is 0 Å². The number of benzene rings is 1. The van der Waals surface area contributed by atoms with Gasteiger partial charge in [0, 0.05) is 12.1 Å². The van der Waals surface area contributed by atoms with Gasteiger partial charge >= 0.3 is 5.97 Å². The minimum Gasteiger partial charge on any atom is -0.480 e. The third-order valence-corrected chi connectivity index (χ3v) is 2.77. The normalized spacial score (nSPS) is 10.8. The maximum atomic E-state index is 11.7. The summed E-state index contributed by atoms with van der Waals surface area (Å²) in [4.78, 5) is 33.6. The van der Waals surface area contributed by atoms with Crippen molar-refractivity contribution in [2.75, 3.05) is 0 Å². The molecule has 0 saturated heterocycles. The van der Waals surface area contributed by atoms with Gasteiger partial charge in [-0.15, -0.1) is 0 Å². The van der Waals surface area contributed by atoms with Crippen molar-refractivity contribution in [3.05, 3.63) is 35.4 Å². The molecular formula is C13H16N2O4. The number of rotatable bonds is 5. The summed E-state index contributed by atoms with van der Waals surface area (Å²) < 4.78 is 0. The van der Waals surface area contributed by atoms with Gasteiger partial charge < -0.3 is 16.2 Å². The minimum absolute atomic E-state index is 0.136. The topological polar surface area (TPSA) is 109 Å². The smallest absolute Gasteiger partial charge is 0.318 e. The zero-order chi connectivity index (χ0) is 14.6. The molecule has 0 aliphatic rings. The average Bonchev–Trinajstić information content (AvgIpc) is 2.35. The van der Waals surface area contributed by atoms with E-state index in [1.807, 2.05) is 0 Å². The van der Waals surface area contributed by atoms with Gasteiger partial charge in [0.25, 0.3) is 0 Å². The summed E-state index contributed by atoms with van der Waals surface area (Å²) in [7, 11) is 0. The number of primary amides is 1. The zero-order valence-corrected chi connectivity index (χ0v) is 10.8. The molecule has 0 saturated carbocycles. The molecule has 19 heavy (non-hydrogen) atoms.